The van der Waals surface area contributed by atoms with E-state index in [0.717, 1.165) is 16.9 Å². The second-order valence-electron chi connectivity index (χ2n) is 3.33. The van der Waals surface area contributed by atoms with Crippen molar-refractivity contribution in [2.75, 3.05) is 12.8 Å². The van der Waals surface area contributed by atoms with E-state index >= 15 is 0 Å². The van der Waals surface area contributed by atoms with Gasteiger partial charge < -0.3 is 10.5 Å². The van der Waals surface area contributed by atoms with Gasteiger partial charge >= 0.3 is 0 Å². The lowest BCUT2D eigenvalue weighted by molar-refractivity contribution is 0.416. The van der Waals surface area contributed by atoms with Crippen LogP contribution in [-0.4, -0.2) is 12.1 Å². The standard InChI is InChI=1S/C12H11ClN2O/c1-16-11-3-2-9(14)7-10(11)8-4-5-15-12(13)6-8/h2-7H,14H2,1H3. The predicted molar refractivity (Wildman–Crippen MR) is 65.6 cm³/mol. The normalized spacial score (nSPS) is 10.1. The molecule has 0 aliphatic rings. The van der Waals surface area contributed by atoms with E-state index in [1.54, 1.807) is 25.4 Å². The third-order valence-corrected chi connectivity index (χ3v) is 2.47. The van der Waals surface area contributed by atoms with Gasteiger partial charge in [-0.2, -0.15) is 0 Å². The average molecular weight is 235 g/mol. The molecule has 16 heavy (non-hydrogen) atoms. The SMILES string of the molecule is COc1ccc(N)cc1-c1ccnc(Cl)c1. The fourth-order valence-electron chi connectivity index (χ4n) is 1.52. The molecule has 82 valence electrons. The van der Waals surface area contributed by atoms with Gasteiger partial charge in [0.1, 0.15) is 10.9 Å². The molecular weight excluding hydrogens is 224 g/mol. The van der Waals surface area contributed by atoms with Gasteiger partial charge in [-0.1, -0.05) is 11.6 Å². The molecule has 3 nitrogen and oxygen atoms in total. The zero-order valence-corrected chi connectivity index (χ0v) is 9.53. The highest BCUT2D eigenvalue weighted by molar-refractivity contribution is 6.29. The lowest BCUT2D eigenvalue weighted by Gasteiger charge is -2.09. The Morgan fingerprint density at radius 2 is 2.06 bits per heavy atom. The largest absolute Gasteiger partial charge is 0.496 e. The van der Waals surface area contributed by atoms with Crippen LogP contribution in [0.25, 0.3) is 11.1 Å². The molecule has 0 atom stereocenters. The van der Waals surface area contributed by atoms with E-state index in [0.29, 0.717) is 10.8 Å². The highest BCUT2D eigenvalue weighted by Crippen LogP contribution is 2.32. The van der Waals surface area contributed by atoms with Crippen LogP contribution in [-0.2, 0) is 0 Å². The summed E-state index contributed by atoms with van der Waals surface area (Å²) in [5.41, 5.74) is 8.28. The van der Waals surface area contributed by atoms with E-state index < -0.39 is 0 Å². The molecule has 2 aromatic rings. The Labute approximate surface area is 98.8 Å². The molecular formula is C12H11ClN2O. The van der Waals surface area contributed by atoms with Gasteiger partial charge in [-0.15, -0.1) is 0 Å². The summed E-state index contributed by atoms with van der Waals surface area (Å²) < 4.78 is 5.28. The van der Waals surface area contributed by atoms with E-state index in [-0.39, 0.29) is 0 Å². The molecule has 0 aliphatic carbocycles. The van der Waals surface area contributed by atoms with Crippen molar-refractivity contribution < 1.29 is 4.74 Å². The zero-order chi connectivity index (χ0) is 11.5. The van der Waals surface area contributed by atoms with Gasteiger partial charge in [-0.25, -0.2) is 4.98 Å². The van der Waals surface area contributed by atoms with Crippen molar-refractivity contribution in [3.8, 4) is 16.9 Å². The number of hydrogen-bond acceptors (Lipinski definition) is 3. The molecule has 0 spiro atoms. The summed E-state index contributed by atoms with van der Waals surface area (Å²) in [6.45, 7) is 0. The first-order valence-electron chi connectivity index (χ1n) is 4.76. The summed E-state index contributed by atoms with van der Waals surface area (Å²) in [5.74, 6) is 0.761. The summed E-state index contributed by atoms with van der Waals surface area (Å²) in [7, 11) is 1.62. The van der Waals surface area contributed by atoms with E-state index in [4.69, 9.17) is 22.1 Å². The van der Waals surface area contributed by atoms with Crippen molar-refractivity contribution in [2.45, 2.75) is 0 Å². The monoisotopic (exact) mass is 234 g/mol. The maximum Gasteiger partial charge on any atom is 0.129 e. The second kappa shape index (κ2) is 4.41. The summed E-state index contributed by atoms with van der Waals surface area (Å²) >= 11 is 5.85. The Hall–Kier alpha value is -1.74. The minimum atomic E-state index is 0.446. The van der Waals surface area contributed by atoms with Gasteiger partial charge in [0, 0.05) is 17.4 Å². The first-order valence-corrected chi connectivity index (χ1v) is 5.14. The Morgan fingerprint density at radius 3 is 2.75 bits per heavy atom. The molecule has 0 fully saturated rings. The molecule has 0 saturated heterocycles. The van der Waals surface area contributed by atoms with Crippen molar-refractivity contribution in [2.24, 2.45) is 0 Å². The van der Waals surface area contributed by atoms with Gasteiger partial charge in [0.05, 0.1) is 7.11 Å². The molecule has 0 radical (unpaired) electrons. The molecule has 0 aliphatic heterocycles. The molecule has 2 rings (SSSR count). The van der Waals surface area contributed by atoms with E-state index in [1.807, 2.05) is 18.2 Å². The lowest BCUT2D eigenvalue weighted by Crippen LogP contribution is -1.91. The summed E-state index contributed by atoms with van der Waals surface area (Å²) in [4.78, 5) is 3.94. The maximum atomic E-state index is 5.85. The second-order valence-corrected chi connectivity index (χ2v) is 3.71. The lowest BCUT2D eigenvalue weighted by atomic mass is 10.1. The summed E-state index contributed by atoms with van der Waals surface area (Å²) in [6, 6.07) is 9.12. The van der Waals surface area contributed by atoms with Crippen LogP contribution in [0.2, 0.25) is 5.15 Å². The van der Waals surface area contributed by atoms with Crippen molar-refractivity contribution >= 4 is 17.3 Å². The summed E-state index contributed by atoms with van der Waals surface area (Å²) in [5, 5.41) is 0.446. The smallest absolute Gasteiger partial charge is 0.129 e. The first kappa shape index (κ1) is 10.8. The third kappa shape index (κ3) is 2.09. The number of nitrogens with zero attached hydrogens (tertiary/aromatic N) is 1. The molecule has 0 unspecified atom stereocenters. The molecule has 2 N–H and O–H groups in total. The van der Waals surface area contributed by atoms with Crippen LogP contribution in [0.3, 0.4) is 0 Å². The number of anilines is 1. The fraction of sp³-hybridized carbons (Fsp3) is 0.0833. The number of pyridine rings is 1. The van der Waals surface area contributed by atoms with Gasteiger partial charge in [0.25, 0.3) is 0 Å². The number of methoxy groups -OCH3 is 1. The molecule has 0 amide bonds. The minimum absolute atomic E-state index is 0.446. The van der Waals surface area contributed by atoms with E-state index in [1.165, 1.54) is 0 Å². The summed E-state index contributed by atoms with van der Waals surface area (Å²) in [6.07, 6.45) is 1.65. The highest BCUT2D eigenvalue weighted by Gasteiger charge is 2.06. The number of rotatable bonds is 2. The fourth-order valence-corrected chi connectivity index (χ4v) is 1.70. The predicted octanol–water partition coefficient (Wildman–Crippen LogP) is 2.99. The molecule has 0 saturated carbocycles. The van der Waals surface area contributed by atoms with Crippen LogP contribution in [0, 0.1) is 0 Å². The van der Waals surface area contributed by atoms with Gasteiger partial charge in [0.2, 0.25) is 0 Å². The number of aromatic nitrogens is 1. The molecule has 1 aromatic heterocycles. The van der Waals surface area contributed by atoms with Crippen LogP contribution < -0.4 is 10.5 Å². The number of nitrogen functional groups attached to an aromatic ring is 1. The Balaban J connectivity index is 2.58. The van der Waals surface area contributed by atoms with Crippen molar-refractivity contribution in [3.63, 3.8) is 0 Å². The number of ether oxygens (including phenoxy) is 1. The Morgan fingerprint density at radius 1 is 1.25 bits per heavy atom. The van der Waals surface area contributed by atoms with Crippen LogP contribution in [0.4, 0.5) is 5.69 Å². The topological polar surface area (TPSA) is 48.1 Å². The number of benzene rings is 1. The third-order valence-electron chi connectivity index (χ3n) is 2.26. The van der Waals surface area contributed by atoms with Crippen molar-refractivity contribution in [1.82, 2.24) is 4.98 Å². The maximum absolute atomic E-state index is 5.85. The van der Waals surface area contributed by atoms with Crippen LogP contribution >= 0.6 is 11.6 Å². The quantitative estimate of drug-likeness (QED) is 0.642. The molecule has 4 heteroatoms. The zero-order valence-electron chi connectivity index (χ0n) is 8.77. The van der Waals surface area contributed by atoms with Crippen LogP contribution in [0.15, 0.2) is 36.5 Å². The van der Waals surface area contributed by atoms with Gasteiger partial charge in [-0.05, 0) is 35.9 Å². The number of hydrogen-bond donors (Lipinski definition) is 1. The van der Waals surface area contributed by atoms with E-state index in [2.05, 4.69) is 4.98 Å². The van der Waals surface area contributed by atoms with Crippen molar-refractivity contribution in [3.05, 3.63) is 41.7 Å². The Bertz CT molecular complexity index is 514. The number of halogens is 1. The average Bonchev–Trinajstić information content (AvgIpc) is 2.29. The van der Waals surface area contributed by atoms with Crippen LogP contribution in [0.1, 0.15) is 0 Å². The molecule has 1 heterocycles. The first-order chi connectivity index (χ1) is 7.70. The van der Waals surface area contributed by atoms with Crippen LogP contribution in [0.5, 0.6) is 5.75 Å². The number of nitrogens with two attached hydrogens (primary N) is 1. The van der Waals surface area contributed by atoms with E-state index in [9.17, 15) is 0 Å². The van der Waals surface area contributed by atoms with Crippen molar-refractivity contribution in [1.29, 1.82) is 0 Å². The molecule has 0 bridgehead atoms. The van der Waals surface area contributed by atoms with Gasteiger partial charge in [-0.3, -0.25) is 0 Å². The Kier molecular flexibility index (Phi) is 2.97. The minimum Gasteiger partial charge on any atom is -0.496 e. The highest BCUT2D eigenvalue weighted by atomic mass is 35.5. The molecule has 1 aromatic carbocycles. The van der Waals surface area contributed by atoms with Gasteiger partial charge in [0.15, 0.2) is 0 Å².